The summed E-state index contributed by atoms with van der Waals surface area (Å²) in [5.41, 5.74) is 3.90. The van der Waals surface area contributed by atoms with Crippen molar-refractivity contribution in [3.63, 3.8) is 0 Å². The molecule has 0 heterocycles. The molecule has 0 aromatic heterocycles. The summed E-state index contributed by atoms with van der Waals surface area (Å²) in [5.74, 6) is -0.306. The van der Waals surface area contributed by atoms with Crippen LogP contribution in [0.2, 0.25) is 0 Å². The molecule has 2 aromatic carbocycles. The van der Waals surface area contributed by atoms with Crippen LogP contribution in [0.3, 0.4) is 0 Å². The Morgan fingerprint density at radius 3 is 2.35 bits per heavy atom. The summed E-state index contributed by atoms with van der Waals surface area (Å²) in [4.78, 5) is 13.7. The Kier molecular flexibility index (Phi) is 4.41. The van der Waals surface area contributed by atoms with Gasteiger partial charge in [0.25, 0.3) is 0 Å². The number of esters is 1. The molecular formula is C17H19NO2. The van der Waals surface area contributed by atoms with Crippen molar-refractivity contribution in [3.8, 4) is 0 Å². The highest BCUT2D eigenvalue weighted by atomic mass is 16.5. The summed E-state index contributed by atoms with van der Waals surface area (Å²) in [6.07, 6.45) is 0.850. The van der Waals surface area contributed by atoms with Gasteiger partial charge in [0, 0.05) is 14.1 Å². The van der Waals surface area contributed by atoms with E-state index in [1.807, 2.05) is 55.4 Å². The third-order valence-corrected chi connectivity index (χ3v) is 3.20. The van der Waals surface area contributed by atoms with E-state index in [4.69, 9.17) is 4.74 Å². The molecular weight excluding hydrogens is 250 g/mol. The minimum absolute atomic E-state index is 0.306. The molecule has 0 aliphatic carbocycles. The third kappa shape index (κ3) is 3.18. The van der Waals surface area contributed by atoms with E-state index in [0.717, 1.165) is 12.1 Å². The van der Waals surface area contributed by atoms with E-state index in [1.54, 1.807) is 0 Å². The number of carbonyl (C=O) groups excluding carboxylic acids is 1. The van der Waals surface area contributed by atoms with E-state index in [2.05, 4.69) is 12.1 Å². The first-order valence-electron chi connectivity index (χ1n) is 6.54. The molecule has 0 aliphatic heterocycles. The quantitative estimate of drug-likeness (QED) is 0.799. The number of anilines is 1. The first-order chi connectivity index (χ1) is 9.61. The molecule has 2 rings (SSSR count). The van der Waals surface area contributed by atoms with Gasteiger partial charge in [-0.05, 0) is 29.7 Å². The Morgan fingerprint density at radius 1 is 1.05 bits per heavy atom. The third-order valence-electron chi connectivity index (χ3n) is 3.20. The fourth-order valence-corrected chi connectivity index (χ4v) is 2.17. The van der Waals surface area contributed by atoms with Crippen molar-refractivity contribution < 1.29 is 9.53 Å². The van der Waals surface area contributed by atoms with Gasteiger partial charge in [-0.15, -0.1) is 0 Å². The number of hydrogen-bond donors (Lipinski definition) is 0. The van der Waals surface area contributed by atoms with Crippen molar-refractivity contribution in [2.45, 2.75) is 6.42 Å². The van der Waals surface area contributed by atoms with E-state index in [-0.39, 0.29) is 5.97 Å². The van der Waals surface area contributed by atoms with Gasteiger partial charge >= 0.3 is 5.97 Å². The number of nitrogens with zero attached hydrogens (tertiary/aromatic N) is 1. The molecule has 104 valence electrons. The van der Waals surface area contributed by atoms with Gasteiger partial charge in [-0.3, -0.25) is 0 Å². The monoisotopic (exact) mass is 269 g/mol. The average Bonchev–Trinajstić information content (AvgIpc) is 2.47. The van der Waals surface area contributed by atoms with Gasteiger partial charge in [0.05, 0.1) is 18.4 Å². The summed E-state index contributed by atoms with van der Waals surface area (Å²) in [6.45, 7) is 0. The number of methoxy groups -OCH3 is 1. The molecule has 0 bridgehead atoms. The highest BCUT2D eigenvalue weighted by Gasteiger charge is 2.13. The molecule has 2 aromatic rings. The lowest BCUT2D eigenvalue weighted by Gasteiger charge is -2.17. The summed E-state index contributed by atoms with van der Waals surface area (Å²) in [7, 11) is 5.25. The minimum Gasteiger partial charge on any atom is -0.465 e. The van der Waals surface area contributed by atoms with E-state index in [9.17, 15) is 4.79 Å². The van der Waals surface area contributed by atoms with Crippen LogP contribution in [0.5, 0.6) is 0 Å². The van der Waals surface area contributed by atoms with Crippen LogP contribution in [0.1, 0.15) is 21.5 Å². The zero-order valence-electron chi connectivity index (χ0n) is 12.1. The molecule has 3 nitrogen and oxygen atoms in total. The van der Waals surface area contributed by atoms with Crippen LogP contribution in [-0.4, -0.2) is 27.2 Å². The topological polar surface area (TPSA) is 29.5 Å². The molecule has 0 spiro atoms. The lowest BCUT2D eigenvalue weighted by molar-refractivity contribution is 0.0601. The fourth-order valence-electron chi connectivity index (χ4n) is 2.17. The molecule has 0 amide bonds. The van der Waals surface area contributed by atoms with Gasteiger partial charge in [0.1, 0.15) is 0 Å². The highest BCUT2D eigenvalue weighted by molar-refractivity contribution is 5.95. The van der Waals surface area contributed by atoms with Crippen LogP contribution in [0.15, 0.2) is 48.5 Å². The van der Waals surface area contributed by atoms with Crippen molar-refractivity contribution in [2.24, 2.45) is 0 Å². The molecule has 0 N–H and O–H groups in total. The van der Waals surface area contributed by atoms with Gasteiger partial charge in [-0.1, -0.05) is 36.4 Å². The van der Waals surface area contributed by atoms with Crippen LogP contribution in [0.4, 0.5) is 5.69 Å². The van der Waals surface area contributed by atoms with E-state index in [0.29, 0.717) is 5.56 Å². The Morgan fingerprint density at radius 2 is 1.75 bits per heavy atom. The molecule has 0 aliphatic rings. The zero-order chi connectivity index (χ0) is 14.5. The summed E-state index contributed by atoms with van der Waals surface area (Å²) in [6, 6.07) is 16.1. The van der Waals surface area contributed by atoms with Gasteiger partial charge in [-0.2, -0.15) is 0 Å². The number of ether oxygens (including phenoxy) is 1. The molecule has 0 atom stereocenters. The predicted molar refractivity (Wildman–Crippen MR) is 81.4 cm³/mol. The lowest BCUT2D eigenvalue weighted by atomic mass is 10.0. The second kappa shape index (κ2) is 6.24. The van der Waals surface area contributed by atoms with Crippen molar-refractivity contribution in [3.05, 3.63) is 65.2 Å². The van der Waals surface area contributed by atoms with Crippen molar-refractivity contribution in [1.82, 2.24) is 0 Å². The number of carbonyl (C=O) groups is 1. The van der Waals surface area contributed by atoms with Crippen molar-refractivity contribution in [2.75, 3.05) is 26.1 Å². The van der Waals surface area contributed by atoms with Gasteiger partial charge in [0.15, 0.2) is 0 Å². The van der Waals surface area contributed by atoms with Crippen LogP contribution in [0.25, 0.3) is 0 Å². The highest BCUT2D eigenvalue weighted by Crippen LogP contribution is 2.23. The van der Waals surface area contributed by atoms with Gasteiger partial charge in [0.2, 0.25) is 0 Å². The molecule has 0 unspecified atom stereocenters. The fraction of sp³-hybridized carbons (Fsp3) is 0.235. The van der Waals surface area contributed by atoms with Crippen LogP contribution < -0.4 is 4.90 Å². The Hall–Kier alpha value is -2.29. The van der Waals surface area contributed by atoms with Crippen LogP contribution >= 0.6 is 0 Å². The van der Waals surface area contributed by atoms with Gasteiger partial charge in [-0.25, -0.2) is 4.79 Å². The largest absolute Gasteiger partial charge is 0.465 e. The molecule has 0 radical (unpaired) electrons. The first kappa shape index (κ1) is 14.1. The van der Waals surface area contributed by atoms with E-state index in [1.165, 1.54) is 18.2 Å². The van der Waals surface area contributed by atoms with Gasteiger partial charge < -0.3 is 9.64 Å². The normalized spacial score (nSPS) is 10.2. The Labute approximate surface area is 119 Å². The van der Waals surface area contributed by atoms with E-state index < -0.39 is 0 Å². The lowest BCUT2D eigenvalue weighted by Crippen LogP contribution is -2.15. The molecule has 3 heteroatoms. The second-order valence-electron chi connectivity index (χ2n) is 4.90. The van der Waals surface area contributed by atoms with Crippen LogP contribution in [-0.2, 0) is 11.2 Å². The second-order valence-corrected chi connectivity index (χ2v) is 4.90. The number of hydrogen-bond acceptors (Lipinski definition) is 3. The average molecular weight is 269 g/mol. The number of rotatable bonds is 4. The summed E-state index contributed by atoms with van der Waals surface area (Å²) >= 11 is 0. The van der Waals surface area contributed by atoms with Crippen LogP contribution in [0, 0.1) is 0 Å². The SMILES string of the molecule is COC(=O)c1ccc(Cc2ccccc2)cc1N(C)C. The Bertz CT molecular complexity index is 591. The van der Waals surface area contributed by atoms with Crippen molar-refractivity contribution >= 4 is 11.7 Å². The standard InChI is InChI=1S/C17H19NO2/c1-18(2)16-12-14(9-10-15(16)17(19)20-3)11-13-7-5-4-6-8-13/h4-10,12H,11H2,1-3H3. The molecule has 0 saturated heterocycles. The van der Waals surface area contributed by atoms with E-state index >= 15 is 0 Å². The molecule has 0 saturated carbocycles. The Balaban J connectivity index is 2.33. The summed E-state index contributed by atoms with van der Waals surface area (Å²) < 4.78 is 4.82. The molecule has 0 fully saturated rings. The number of benzene rings is 2. The minimum atomic E-state index is -0.306. The maximum atomic E-state index is 11.8. The molecule has 20 heavy (non-hydrogen) atoms. The predicted octanol–water partition coefficient (Wildman–Crippen LogP) is 3.13. The zero-order valence-corrected chi connectivity index (χ0v) is 12.1. The van der Waals surface area contributed by atoms with Crippen molar-refractivity contribution in [1.29, 1.82) is 0 Å². The maximum Gasteiger partial charge on any atom is 0.339 e. The summed E-state index contributed by atoms with van der Waals surface area (Å²) in [5, 5.41) is 0. The smallest absolute Gasteiger partial charge is 0.339 e. The first-order valence-corrected chi connectivity index (χ1v) is 6.54. The maximum absolute atomic E-state index is 11.8.